The Morgan fingerprint density at radius 2 is 1.70 bits per heavy atom. The molecule has 0 aliphatic rings. The Hall–Kier alpha value is -4.09. The van der Waals surface area contributed by atoms with Crippen LogP contribution in [0.25, 0.3) is 17.1 Å². The van der Waals surface area contributed by atoms with E-state index in [1.807, 2.05) is 28.8 Å². The van der Waals surface area contributed by atoms with Crippen LogP contribution in [0.15, 0.2) is 71.2 Å². The summed E-state index contributed by atoms with van der Waals surface area (Å²) in [5.74, 6) is 1.89. The largest absolute Gasteiger partial charge is 0.496 e. The Morgan fingerprint density at radius 3 is 2.32 bits per heavy atom. The number of nitrogens with zero attached hydrogens (tertiary/aromatic N) is 5. The minimum Gasteiger partial charge on any atom is -0.496 e. The van der Waals surface area contributed by atoms with Crippen molar-refractivity contribution in [2.24, 2.45) is 5.10 Å². The number of halogens is 1. The fourth-order valence-electron chi connectivity index (χ4n) is 3.37. The molecule has 190 valence electrons. The van der Waals surface area contributed by atoms with Gasteiger partial charge >= 0.3 is 0 Å². The summed E-state index contributed by atoms with van der Waals surface area (Å²) in [5, 5.41) is 13.9. The number of aromatic nitrogens is 4. The molecule has 37 heavy (non-hydrogen) atoms. The molecule has 0 saturated heterocycles. The maximum atomic E-state index is 12.6. The van der Waals surface area contributed by atoms with Crippen LogP contribution >= 0.6 is 23.4 Å². The molecule has 2 heterocycles. The van der Waals surface area contributed by atoms with Crippen LogP contribution in [0.3, 0.4) is 0 Å². The molecule has 0 aliphatic carbocycles. The van der Waals surface area contributed by atoms with E-state index in [0.717, 1.165) is 11.3 Å². The van der Waals surface area contributed by atoms with Crippen LogP contribution in [0.2, 0.25) is 5.02 Å². The molecule has 10 nitrogen and oxygen atoms in total. The summed E-state index contributed by atoms with van der Waals surface area (Å²) in [6.45, 7) is 0. The maximum absolute atomic E-state index is 12.6. The molecule has 0 bridgehead atoms. The fourth-order valence-corrected chi connectivity index (χ4v) is 4.24. The molecule has 4 rings (SSSR count). The lowest BCUT2D eigenvalue weighted by molar-refractivity contribution is -0.118. The Bertz CT molecular complexity index is 1370. The van der Waals surface area contributed by atoms with Crippen molar-refractivity contribution in [1.82, 2.24) is 25.2 Å². The fraction of sp³-hybridized carbons (Fsp3) is 0.160. The number of benzene rings is 2. The van der Waals surface area contributed by atoms with Crippen LogP contribution < -0.4 is 19.6 Å². The zero-order valence-corrected chi connectivity index (χ0v) is 21.8. The van der Waals surface area contributed by atoms with Gasteiger partial charge in [0.25, 0.3) is 5.91 Å². The molecule has 0 atom stereocenters. The number of amides is 1. The number of carbonyl (C=O) groups is 1. The predicted molar refractivity (Wildman–Crippen MR) is 142 cm³/mol. The maximum Gasteiger partial charge on any atom is 0.250 e. The van der Waals surface area contributed by atoms with E-state index in [-0.39, 0.29) is 11.7 Å². The quantitative estimate of drug-likeness (QED) is 0.181. The zero-order chi connectivity index (χ0) is 26.2. The zero-order valence-electron chi connectivity index (χ0n) is 20.2. The van der Waals surface area contributed by atoms with Crippen molar-refractivity contribution in [1.29, 1.82) is 0 Å². The van der Waals surface area contributed by atoms with Gasteiger partial charge < -0.3 is 14.2 Å². The van der Waals surface area contributed by atoms with Gasteiger partial charge in [0.2, 0.25) is 0 Å². The van der Waals surface area contributed by atoms with Crippen molar-refractivity contribution in [3.05, 3.63) is 71.5 Å². The number of methoxy groups -OCH3 is 3. The Labute approximate surface area is 222 Å². The Balaban J connectivity index is 1.50. The first-order chi connectivity index (χ1) is 18.0. The van der Waals surface area contributed by atoms with Gasteiger partial charge in [-0.25, -0.2) is 5.43 Å². The van der Waals surface area contributed by atoms with Crippen molar-refractivity contribution < 1.29 is 19.0 Å². The van der Waals surface area contributed by atoms with Crippen LogP contribution in [-0.2, 0) is 4.79 Å². The number of hydrogen-bond acceptors (Lipinski definition) is 9. The molecule has 12 heteroatoms. The summed E-state index contributed by atoms with van der Waals surface area (Å²) in [6.07, 6.45) is 4.82. The molecular formula is C25H23ClN6O4S. The average molecular weight is 539 g/mol. The number of thioether (sulfide) groups is 1. The van der Waals surface area contributed by atoms with Gasteiger partial charge in [-0.1, -0.05) is 23.4 Å². The van der Waals surface area contributed by atoms with E-state index in [9.17, 15) is 4.79 Å². The molecule has 0 aliphatic heterocycles. The lowest BCUT2D eigenvalue weighted by atomic mass is 10.2. The minimum atomic E-state index is -0.330. The highest BCUT2D eigenvalue weighted by Gasteiger charge is 2.17. The topological polar surface area (TPSA) is 113 Å². The van der Waals surface area contributed by atoms with Crippen molar-refractivity contribution in [3.63, 3.8) is 0 Å². The average Bonchev–Trinajstić information content (AvgIpc) is 3.36. The summed E-state index contributed by atoms with van der Waals surface area (Å²) in [4.78, 5) is 16.6. The summed E-state index contributed by atoms with van der Waals surface area (Å²) in [6, 6.07) is 14.4. The lowest BCUT2D eigenvalue weighted by Gasteiger charge is -2.12. The van der Waals surface area contributed by atoms with Crippen molar-refractivity contribution >= 4 is 35.5 Å². The summed E-state index contributed by atoms with van der Waals surface area (Å²) < 4.78 is 17.9. The lowest BCUT2D eigenvalue weighted by Crippen LogP contribution is -2.20. The van der Waals surface area contributed by atoms with Gasteiger partial charge in [-0.05, 0) is 36.4 Å². The summed E-state index contributed by atoms with van der Waals surface area (Å²) in [7, 11) is 4.60. The molecule has 0 fully saturated rings. The smallest absolute Gasteiger partial charge is 0.250 e. The highest BCUT2D eigenvalue weighted by atomic mass is 35.5. The summed E-state index contributed by atoms with van der Waals surface area (Å²) in [5.41, 5.74) is 4.72. The van der Waals surface area contributed by atoms with Gasteiger partial charge in [-0.2, -0.15) is 5.10 Å². The number of carbonyl (C=O) groups excluding carboxylic acids is 1. The highest BCUT2D eigenvalue weighted by Crippen LogP contribution is 2.32. The highest BCUT2D eigenvalue weighted by molar-refractivity contribution is 7.99. The van der Waals surface area contributed by atoms with E-state index >= 15 is 0 Å². The van der Waals surface area contributed by atoms with E-state index in [2.05, 4.69) is 25.7 Å². The Kier molecular flexibility index (Phi) is 8.60. The number of hydrazone groups is 1. The predicted octanol–water partition coefficient (Wildman–Crippen LogP) is 4.25. The number of hydrogen-bond donors (Lipinski definition) is 1. The van der Waals surface area contributed by atoms with E-state index in [4.69, 9.17) is 25.8 Å². The molecule has 0 radical (unpaired) electrons. The molecule has 4 aromatic rings. The van der Waals surface area contributed by atoms with E-state index < -0.39 is 0 Å². The van der Waals surface area contributed by atoms with Crippen LogP contribution in [-0.4, -0.2) is 59.0 Å². The number of nitrogens with one attached hydrogen (secondary N) is 1. The third kappa shape index (κ3) is 6.19. The van der Waals surface area contributed by atoms with Crippen molar-refractivity contribution in [3.8, 4) is 34.3 Å². The molecule has 0 unspecified atom stereocenters. The molecule has 2 aromatic heterocycles. The first-order valence-corrected chi connectivity index (χ1v) is 12.3. The molecule has 0 spiro atoms. The summed E-state index contributed by atoms with van der Waals surface area (Å²) >= 11 is 7.30. The number of ether oxygens (including phenoxy) is 3. The number of rotatable bonds is 10. The van der Waals surface area contributed by atoms with Gasteiger partial charge in [-0.15, -0.1) is 10.2 Å². The van der Waals surface area contributed by atoms with Gasteiger partial charge in [0, 0.05) is 40.8 Å². The monoisotopic (exact) mass is 538 g/mol. The van der Waals surface area contributed by atoms with E-state index in [1.54, 1.807) is 43.8 Å². The molecule has 1 N–H and O–H groups in total. The first kappa shape index (κ1) is 26.0. The van der Waals surface area contributed by atoms with Crippen LogP contribution in [0.1, 0.15) is 5.56 Å². The third-order valence-corrected chi connectivity index (χ3v) is 6.31. The minimum absolute atomic E-state index is 0.0519. The third-order valence-electron chi connectivity index (χ3n) is 5.13. The number of pyridine rings is 1. The van der Waals surface area contributed by atoms with Crippen LogP contribution in [0.5, 0.6) is 17.2 Å². The SMILES string of the molecule is COc1cc(OC)c(/C=N\NC(=O)CSc2nnc(-c3ccncc3)n2-c2ccc(Cl)cc2)c(OC)c1. The van der Waals surface area contributed by atoms with Gasteiger partial charge in [-0.3, -0.25) is 14.3 Å². The molecular weight excluding hydrogens is 516 g/mol. The van der Waals surface area contributed by atoms with Crippen LogP contribution in [0.4, 0.5) is 0 Å². The second-order valence-corrected chi connectivity index (χ2v) is 8.76. The molecule has 2 aromatic carbocycles. The van der Waals surface area contributed by atoms with Gasteiger partial charge in [0.1, 0.15) is 17.2 Å². The van der Waals surface area contributed by atoms with Gasteiger partial charge in [0.15, 0.2) is 11.0 Å². The molecule has 0 saturated carbocycles. The molecule has 1 amide bonds. The van der Waals surface area contributed by atoms with Crippen molar-refractivity contribution in [2.75, 3.05) is 27.1 Å². The normalized spacial score (nSPS) is 10.9. The van der Waals surface area contributed by atoms with E-state index in [1.165, 1.54) is 32.2 Å². The van der Waals surface area contributed by atoms with Crippen LogP contribution in [0, 0.1) is 0 Å². The van der Waals surface area contributed by atoms with Crippen molar-refractivity contribution in [2.45, 2.75) is 5.16 Å². The first-order valence-electron chi connectivity index (χ1n) is 10.9. The van der Waals surface area contributed by atoms with Gasteiger partial charge in [0.05, 0.1) is 38.9 Å². The van der Waals surface area contributed by atoms with E-state index in [0.29, 0.717) is 38.8 Å². The second kappa shape index (κ2) is 12.2. The Morgan fingerprint density at radius 1 is 1.03 bits per heavy atom. The standard InChI is InChI=1S/C25H23ClN6O4S/c1-34-19-12-21(35-2)20(22(13-19)36-3)14-28-29-23(33)15-37-25-31-30-24(16-8-10-27-11-9-16)32(25)18-6-4-17(26)5-7-18/h4-14H,15H2,1-3H3,(H,29,33)/b28-14-. The second-order valence-electron chi connectivity index (χ2n) is 7.38.